The average molecular weight is 272 g/mol. The molecule has 0 aromatic heterocycles. The van der Waals surface area contributed by atoms with Gasteiger partial charge in [0.2, 0.25) is 0 Å². The van der Waals surface area contributed by atoms with Crippen LogP contribution in [0.4, 0.5) is 4.39 Å². The molecular weight excluding hydrogens is 249 g/mol. The maximum atomic E-state index is 13.6. The van der Waals surface area contributed by atoms with Crippen LogP contribution in [0.1, 0.15) is 32.8 Å². The smallest absolute Gasteiger partial charge is 0.126 e. The normalized spacial score (nSPS) is 14.5. The largest absolute Gasteiger partial charge is 0.316 e. The van der Waals surface area contributed by atoms with Gasteiger partial charge in [0.1, 0.15) is 5.82 Å². The van der Waals surface area contributed by atoms with Gasteiger partial charge in [0.15, 0.2) is 0 Å². The molecule has 2 atom stereocenters. The molecule has 102 valence electrons. The average Bonchev–Trinajstić information content (AvgIpc) is 2.34. The van der Waals surface area contributed by atoms with Crippen LogP contribution in [0.3, 0.4) is 0 Å². The van der Waals surface area contributed by atoms with Gasteiger partial charge in [0.25, 0.3) is 0 Å². The van der Waals surface area contributed by atoms with Crippen molar-refractivity contribution in [2.24, 2.45) is 11.8 Å². The molecule has 0 aliphatic heterocycles. The predicted molar refractivity (Wildman–Crippen MR) is 76.6 cm³/mol. The molecule has 0 saturated heterocycles. The highest BCUT2D eigenvalue weighted by molar-refractivity contribution is 6.30. The van der Waals surface area contributed by atoms with Crippen LogP contribution in [0.25, 0.3) is 0 Å². The zero-order chi connectivity index (χ0) is 13.5. The number of halogens is 2. The van der Waals surface area contributed by atoms with Crippen LogP contribution in [-0.2, 0) is 6.42 Å². The Hall–Kier alpha value is -0.600. The monoisotopic (exact) mass is 271 g/mol. The van der Waals surface area contributed by atoms with E-state index in [0.717, 1.165) is 31.5 Å². The third-order valence-electron chi connectivity index (χ3n) is 3.41. The number of benzene rings is 1. The van der Waals surface area contributed by atoms with Crippen molar-refractivity contribution in [3.63, 3.8) is 0 Å². The summed E-state index contributed by atoms with van der Waals surface area (Å²) in [7, 11) is 0. The highest BCUT2D eigenvalue weighted by Crippen LogP contribution is 2.21. The summed E-state index contributed by atoms with van der Waals surface area (Å²) < 4.78 is 13.6. The number of hydrogen-bond acceptors (Lipinski definition) is 1. The molecule has 1 rings (SSSR count). The second-order valence-corrected chi connectivity index (χ2v) is 5.53. The van der Waals surface area contributed by atoms with Gasteiger partial charge in [0.05, 0.1) is 0 Å². The first-order chi connectivity index (χ1) is 8.54. The molecule has 0 bridgehead atoms. The van der Waals surface area contributed by atoms with Gasteiger partial charge in [-0.15, -0.1) is 0 Å². The molecule has 1 aromatic carbocycles. The number of nitrogens with one attached hydrogen (secondary N) is 1. The van der Waals surface area contributed by atoms with E-state index in [1.807, 2.05) is 0 Å². The summed E-state index contributed by atoms with van der Waals surface area (Å²) in [6.45, 7) is 8.55. The van der Waals surface area contributed by atoms with E-state index in [9.17, 15) is 4.39 Å². The topological polar surface area (TPSA) is 12.0 Å². The summed E-state index contributed by atoms with van der Waals surface area (Å²) in [4.78, 5) is 0. The fourth-order valence-electron chi connectivity index (χ4n) is 1.96. The van der Waals surface area contributed by atoms with Crippen LogP contribution in [0.15, 0.2) is 18.2 Å². The third kappa shape index (κ3) is 4.95. The summed E-state index contributed by atoms with van der Waals surface area (Å²) in [6, 6.07) is 4.78. The Morgan fingerprint density at radius 1 is 1.28 bits per heavy atom. The van der Waals surface area contributed by atoms with Crippen molar-refractivity contribution in [3.8, 4) is 0 Å². The van der Waals surface area contributed by atoms with Crippen LogP contribution in [-0.4, -0.2) is 13.1 Å². The first-order valence-electron chi connectivity index (χ1n) is 6.69. The van der Waals surface area contributed by atoms with Gasteiger partial charge in [-0.05, 0) is 61.5 Å². The Morgan fingerprint density at radius 2 is 2.00 bits per heavy atom. The molecule has 3 heteroatoms. The molecule has 0 radical (unpaired) electrons. The summed E-state index contributed by atoms with van der Waals surface area (Å²) in [5, 5.41) is 4.01. The van der Waals surface area contributed by atoms with Crippen molar-refractivity contribution in [1.29, 1.82) is 0 Å². The Morgan fingerprint density at radius 3 is 2.67 bits per heavy atom. The minimum absolute atomic E-state index is 0.153. The summed E-state index contributed by atoms with van der Waals surface area (Å²) in [6.07, 6.45) is 1.88. The third-order valence-corrected chi connectivity index (χ3v) is 3.65. The van der Waals surface area contributed by atoms with Crippen LogP contribution in [0.2, 0.25) is 5.02 Å². The van der Waals surface area contributed by atoms with Crippen molar-refractivity contribution in [2.75, 3.05) is 13.1 Å². The maximum Gasteiger partial charge on any atom is 0.126 e. The van der Waals surface area contributed by atoms with Crippen LogP contribution in [0.5, 0.6) is 0 Å². The van der Waals surface area contributed by atoms with E-state index in [2.05, 4.69) is 26.1 Å². The second kappa shape index (κ2) is 7.75. The zero-order valence-electron chi connectivity index (χ0n) is 11.5. The van der Waals surface area contributed by atoms with E-state index in [-0.39, 0.29) is 5.82 Å². The van der Waals surface area contributed by atoms with Gasteiger partial charge in [-0.1, -0.05) is 32.4 Å². The Kier molecular flexibility index (Phi) is 6.66. The molecule has 1 N–H and O–H groups in total. The summed E-state index contributed by atoms with van der Waals surface area (Å²) >= 11 is 5.90. The molecule has 18 heavy (non-hydrogen) atoms. The van der Waals surface area contributed by atoms with Crippen LogP contribution < -0.4 is 5.32 Å². The quantitative estimate of drug-likeness (QED) is 0.730. The Balaban J connectivity index is 2.52. The lowest BCUT2D eigenvalue weighted by Crippen LogP contribution is -2.26. The minimum atomic E-state index is -0.153. The van der Waals surface area contributed by atoms with Crippen molar-refractivity contribution < 1.29 is 4.39 Å². The van der Waals surface area contributed by atoms with E-state index in [0.29, 0.717) is 16.9 Å². The molecule has 1 aromatic rings. The van der Waals surface area contributed by atoms with E-state index in [1.165, 1.54) is 6.07 Å². The fourth-order valence-corrected chi connectivity index (χ4v) is 2.15. The first-order valence-corrected chi connectivity index (χ1v) is 7.07. The molecule has 0 heterocycles. The van der Waals surface area contributed by atoms with Gasteiger partial charge in [-0.25, -0.2) is 4.39 Å². The molecule has 1 nitrogen and oxygen atoms in total. The lowest BCUT2D eigenvalue weighted by Gasteiger charge is -2.20. The van der Waals surface area contributed by atoms with Crippen molar-refractivity contribution in [2.45, 2.75) is 33.6 Å². The first kappa shape index (κ1) is 15.5. The van der Waals surface area contributed by atoms with Gasteiger partial charge in [-0.2, -0.15) is 0 Å². The summed E-state index contributed by atoms with van der Waals surface area (Å²) in [5.74, 6) is 0.803. The highest BCUT2D eigenvalue weighted by atomic mass is 35.5. The van der Waals surface area contributed by atoms with Gasteiger partial charge < -0.3 is 5.32 Å². The van der Waals surface area contributed by atoms with Gasteiger partial charge >= 0.3 is 0 Å². The zero-order valence-corrected chi connectivity index (χ0v) is 12.2. The lowest BCUT2D eigenvalue weighted by molar-refractivity contribution is 0.362. The van der Waals surface area contributed by atoms with Crippen molar-refractivity contribution in [3.05, 3.63) is 34.6 Å². The number of hydrogen-bond donors (Lipinski definition) is 1. The molecule has 0 spiro atoms. The molecule has 0 amide bonds. The minimum Gasteiger partial charge on any atom is -0.316 e. The van der Waals surface area contributed by atoms with E-state index < -0.39 is 0 Å². The van der Waals surface area contributed by atoms with E-state index in [4.69, 9.17) is 11.6 Å². The molecule has 0 aliphatic rings. The SMILES string of the molecule is CCCNCC(C)C(C)Cc1cc(Cl)ccc1F. The Bertz CT molecular complexity index is 368. The standard InChI is InChI=1S/C15H23ClFN/c1-4-7-18-10-12(3)11(2)8-13-9-14(16)5-6-15(13)17/h5-6,9,11-12,18H,4,7-8,10H2,1-3H3. The van der Waals surface area contributed by atoms with Gasteiger partial charge in [0, 0.05) is 5.02 Å². The van der Waals surface area contributed by atoms with E-state index in [1.54, 1.807) is 12.1 Å². The lowest BCUT2D eigenvalue weighted by atomic mass is 9.89. The molecule has 2 unspecified atom stereocenters. The molecule has 0 aliphatic carbocycles. The Labute approximate surface area is 115 Å². The summed E-state index contributed by atoms with van der Waals surface area (Å²) in [5.41, 5.74) is 0.720. The molecule has 0 fully saturated rings. The van der Waals surface area contributed by atoms with Crippen molar-refractivity contribution >= 4 is 11.6 Å². The van der Waals surface area contributed by atoms with Crippen molar-refractivity contribution in [1.82, 2.24) is 5.32 Å². The molecule has 0 saturated carbocycles. The van der Waals surface area contributed by atoms with E-state index >= 15 is 0 Å². The van der Waals surface area contributed by atoms with Crippen LogP contribution >= 0.6 is 11.6 Å². The molecular formula is C15H23ClFN. The van der Waals surface area contributed by atoms with Gasteiger partial charge in [-0.3, -0.25) is 0 Å². The maximum absolute atomic E-state index is 13.6. The predicted octanol–water partition coefficient (Wildman–Crippen LogP) is 4.29. The highest BCUT2D eigenvalue weighted by Gasteiger charge is 2.14. The fraction of sp³-hybridized carbons (Fsp3) is 0.600. The number of rotatable bonds is 7. The van der Waals surface area contributed by atoms with Crippen LogP contribution in [0, 0.1) is 17.7 Å². The second-order valence-electron chi connectivity index (χ2n) is 5.10.